The molecule has 0 aliphatic carbocycles. The fourth-order valence-electron chi connectivity index (χ4n) is 1.13. The number of nitrogens with one attached hydrogen (secondary N) is 1. The number of aromatic nitrogens is 2. The van der Waals surface area contributed by atoms with Crippen LogP contribution in [0.25, 0.3) is 0 Å². The minimum Gasteiger partial charge on any atom is -0.480 e. The molecule has 84 valence electrons. The van der Waals surface area contributed by atoms with Gasteiger partial charge in [0.05, 0.1) is 17.7 Å². The lowest BCUT2D eigenvalue weighted by Crippen LogP contribution is -2.22. The van der Waals surface area contributed by atoms with Crippen LogP contribution in [0.15, 0.2) is 6.20 Å². The van der Waals surface area contributed by atoms with Gasteiger partial charge in [-0.05, 0) is 6.92 Å². The number of nitrogens with zero attached hydrogens (tertiary/aromatic N) is 2. The number of H-pyrrole nitrogens is 1. The molecule has 1 unspecified atom stereocenters. The molecular weight excluding hydrogens is 214 g/mol. The minimum atomic E-state index is -1.74. The Morgan fingerprint density at radius 2 is 2.06 bits per heavy atom. The Labute approximate surface area is 90.4 Å². The lowest BCUT2D eigenvalue weighted by Gasteiger charge is -2.02. The first kappa shape index (κ1) is 11.7. The maximum Gasteiger partial charge on any atom is 0.325 e. The van der Waals surface area contributed by atoms with E-state index in [4.69, 9.17) is 15.5 Å². The van der Waals surface area contributed by atoms with E-state index in [1.165, 1.54) is 6.20 Å². The van der Waals surface area contributed by atoms with Crippen LogP contribution in [0.1, 0.15) is 30.3 Å². The third-order valence-corrected chi connectivity index (χ3v) is 2.02. The van der Waals surface area contributed by atoms with Gasteiger partial charge >= 0.3 is 11.9 Å². The van der Waals surface area contributed by atoms with Crippen molar-refractivity contribution < 1.29 is 19.8 Å². The topological polar surface area (TPSA) is 127 Å². The van der Waals surface area contributed by atoms with Gasteiger partial charge in [0, 0.05) is 6.20 Å². The summed E-state index contributed by atoms with van der Waals surface area (Å²) < 4.78 is 0. The molecule has 0 bridgehead atoms. The molecule has 0 saturated carbocycles. The van der Waals surface area contributed by atoms with Gasteiger partial charge in [0.2, 0.25) is 5.92 Å². The normalized spacial score (nSPS) is 12.1. The van der Waals surface area contributed by atoms with E-state index < -0.39 is 23.8 Å². The van der Waals surface area contributed by atoms with Crippen molar-refractivity contribution in [2.24, 2.45) is 0 Å². The van der Waals surface area contributed by atoms with E-state index in [2.05, 4.69) is 9.97 Å². The van der Waals surface area contributed by atoms with E-state index in [1.54, 1.807) is 6.92 Å². The van der Waals surface area contributed by atoms with Crippen molar-refractivity contribution in [2.45, 2.75) is 18.8 Å². The molecule has 0 saturated heterocycles. The number of imidazole rings is 1. The summed E-state index contributed by atoms with van der Waals surface area (Å²) in [5, 5.41) is 26.0. The Morgan fingerprint density at radius 3 is 2.50 bits per heavy atom. The van der Waals surface area contributed by atoms with Crippen LogP contribution >= 0.6 is 0 Å². The molecule has 1 aromatic rings. The van der Waals surface area contributed by atoms with Crippen molar-refractivity contribution in [3.05, 3.63) is 17.7 Å². The molecule has 7 heteroatoms. The van der Waals surface area contributed by atoms with E-state index >= 15 is 0 Å². The van der Waals surface area contributed by atoms with Crippen molar-refractivity contribution in [1.29, 1.82) is 5.26 Å². The summed E-state index contributed by atoms with van der Waals surface area (Å²) in [5.74, 6) is -5.44. The van der Waals surface area contributed by atoms with Crippen molar-refractivity contribution >= 4 is 11.9 Å². The van der Waals surface area contributed by atoms with Gasteiger partial charge in [0.25, 0.3) is 0 Å². The van der Waals surface area contributed by atoms with Crippen LogP contribution in [0, 0.1) is 11.3 Å². The molecule has 1 heterocycles. The van der Waals surface area contributed by atoms with Crippen molar-refractivity contribution in [2.75, 3.05) is 0 Å². The summed E-state index contributed by atoms with van der Waals surface area (Å²) in [5.41, 5.74) is 0.324. The zero-order valence-electron chi connectivity index (χ0n) is 8.34. The first-order valence-corrected chi connectivity index (χ1v) is 4.37. The van der Waals surface area contributed by atoms with Gasteiger partial charge in [-0.2, -0.15) is 5.26 Å². The number of rotatable bonds is 4. The van der Waals surface area contributed by atoms with Crippen molar-refractivity contribution in [3.63, 3.8) is 0 Å². The highest BCUT2D eigenvalue weighted by atomic mass is 16.4. The van der Waals surface area contributed by atoms with Gasteiger partial charge in [-0.15, -0.1) is 0 Å². The van der Waals surface area contributed by atoms with E-state index in [0.717, 1.165) is 0 Å². The zero-order valence-corrected chi connectivity index (χ0v) is 8.34. The summed E-state index contributed by atoms with van der Waals surface area (Å²) in [6, 6.07) is 1.91. The maximum absolute atomic E-state index is 10.7. The Balaban J connectivity index is 3.05. The number of hydrogen-bond donors (Lipinski definition) is 3. The highest BCUT2D eigenvalue weighted by Crippen LogP contribution is 2.17. The fourth-order valence-corrected chi connectivity index (χ4v) is 1.13. The number of carbonyl (C=O) groups is 2. The first-order chi connectivity index (χ1) is 7.47. The average molecular weight is 223 g/mol. The molecule has 7 nitrogen and oxygen atoms in total. The number of hydrogen-bond acceptors (Lipinski definition) is 4. The molecule has 1 atom stereocenters. The van der Waals surface area contributed by atoms with Gasteiger partial charge in [0.1, 0.15) is 5.82 Å². The summed E-state index contributed by atoms with van der Waals surface area (Å²) in [4.78, 5) is 27.6. The minimum absolute atomic E-state index is 0.183. The predicted octanol–water partition coefficient (Wildman–Crippen LogP) is 0.290. The van der Waals surface area contributed by atoms with Gasteiger partial charge in [-0.3, -0.25) is 9.59 Å². The Morgan fingerprint density at radius 1 is 1.50 bits per heavy atom. The Kier molecular flexibility index (Phi) is 3.25. The van der Waals surface area contributed by atoms with Crippen LogP contribution in [0.5, 0.6) is 0 Å². The highest BCUT2D eigenvalue weighted by molar-refractivity contribution is 5.98. The summed E-state index contributed by atoms with van der Waals surface area (Å²) in [7, 11) is 0. The van der Waals surface area contributed by atoms with Crippen molar-refractivity contribution in [1.82, 2.24) is 9.97 Å². The maximum atomic E-state index is 10.7. The number of aliphatic carboxylic acids is 2. The molecule has 0 aromatic carbocycles. The molecule has 0 aliphatic rings. The zero-order chi connectivity index (χ0) is 12.3. The second kappa shape index (κ2) is 4.44. The first-order valence-electron chi connectivity index (χ1n) is 4.37. The third kappa shape index (κ3) is 2.17. The van der Waals surface area contributed by atoms with Gasteiger partial charge in [-0.25, -0.2) is 4.98 Å². The predicted molar refractivity (Wildman–Crippen MR) is 50.6 cm³/mol. The van der Waals surface area contributed by atoms with E-state index in [0.29, 0.717) is 5.69 Å². The van der Waals surface area contributed by atoms with Gasteiger partial charge in [0.15, 0.2) is 0 Å². The highest BCUT2D eigenvalue weighted by Gasteiger charge is 2.31. The standard InChI is InChI=1S/C9H9N3O4/c1-4(2-10)5-3-11-7(12-5)6(8(13)14)9(15)16/h3-4,6H,1H3,(H,11,12)(H,13,14)(H,15,16). The van der Waals surface area contributed by atoms with Gasteiger partial charge < -0.3 is 15.2 Å². The Bertz CT molecular complexity index is 446. The van der Waals surface area contributed by atoms with Crippen LogP contribution in [0.4, 0.5) is 0 Å². The Hall–Kier alpha value is -2.36. The quantitative estimate of drug-likeness (QED) is 0.629. The van der Waals surface area contributed by atoms with Crippen LogP contribution in [-0.2, 0) is 9.59 Å². The monoisotopic (exact) mass is 223 g/mol. The molecule has 0 amide bonds. The molecule has 1 aromatic heterocycles. The molecule has 0 spiro atoms. The molecule has 0 radical (unpaired) electrons. The van der Waals surface area contributed by atoms with Crippen LogP contribution < -0.4 is 0 Å². The fraction of sp³-hybridized carbons (Fsp3) is 0.333. The van der Waals surface area contributed by atoms with E-state index in [-0.39, 0.29) is 5.82 Å². The molecule has 1 rings (SSSR count). The third-order valence-electron chi connectivity index (χ3n) is 2.02. The number of nitriles is 1. The molecular formula is C9H9N3O4. The lowest BCUT2D eigenvalue weighted by atomic mass is 10.1. The SMILES string of the molecule is CC(C#N)c1c[nH]c(C(C(=O)O)C(=O)O)n1. The van der Waals surface area contributed by atoms with Crippen LogP contribution in [0.2, 0.25) is 0 Å². The number of carboxylic acids is 2. The average Bonchev–Trinajstić information content (AvgIpc) is 2.64. The second-order valence-electron chi connectivity index (χ2n) is 3.17. The summed E-state index contributed by atoms with van der Waals surface area (Å²) in [6.45, 7) is 1.58. The number of aromatic amines is 1. The van der Waals surface area contributed by atoms with E-state index in [9.17, 15) is 9.59 Å². The lowest BCUT2D eigenvalue weighted by molar-refractivity contribution is -0.150. The van der Waals surface area contributed by atoms with E-state index in [1.807, 2.05) is 6.07 Å². The van der Waals surface area contributed by atoms with Crippen LogP contribution in [0.3, 0.4) is 0 Å². The number of carboxylic acid groups (broad SMARTS) is 2. The molecule has 0 aliphatic heterocycles. The van der Waals surface area contributed by atoms with Crippen LogP contribution in [-0.4, -0.2) is 32.1 Å². The smallest absolute Gasteiger partial charge is 0.325 e. The molecule has 0 fully saturated rings. The summed E-state index contributed by atoms with van der Waals surface area (Å²) >= 11 is 0. The van der Waals surface area contributed by atoms with Gasteiger partial charge in [-0.1, -0.05) is 0 Å². The summed E-state index contributed by atoms with van der Waals surface area (Å²) in [6.07, 6.45) is 1.34. The second-order valence-corrected chi connectivity index (χ2v) is 3.17. The largest absolute Gasteiger partial charge is 0.480 e. The van der Waals surface area contributed by atoms with Crippen molar-refractivity contribution in [3.8, 4) is 6.07 Å². The molecule has 3 N–H and O–H groups in total. The molecule has 16 heavy (non-hydrogen) atoms.